The van der Waals surface area contributed by atoms with Gasteiger partial charge in [-0.1, -0.05) is 11.6 Å². The predicted molar refractivity (Wildman–Crippen MR) is 69.9 cm³/mol. The highest BCUT2D eigenvalue weighted by molar-refractivity contribution is 6.32. The number of halogens is 2. The summed E-state index contributed by atoms with van der Waals surface area (Å²) >= 11 is 5.89. The number of nitriles is 1. The lowest BCUT2D eigenvalue weighted by Gasteiger charge is -2.11. The van der Waals surface area contributed by atoms with Gasteiger partial charge in [-0.2, -0.15) is 5.26 Å². The Morgan fingerprint density at radius 3 is 2.63 bits per heavy atom. The minimum atomic E-state index is -0.444. The Hall–Kier alpha value is -2.12. The molecule has 0 aliphatic rings. The molecule has 0 fully saturated rings. The summed E-state index contributed by atoms with van der Waals surface area (Å²) in [6, 6.07) is 7.50. The van der Waals surface area contributed by atoms with Gasteiger partial charge < -0.3 is 4.74 Å². The molecule has 2 rings (SSSR count). The van der Waals surface area contributed by atoms with Crippen molar-refractivity contribution in [2.24, 2.45) is 0 Å². The van der Waals surface area contributed by atoms with Crippen LogP contribution in [0.3, 0.4) is 0 Å². The molecule has 0 amide bonds. The second-order valence-corrected chi connectivity index (χ2v) is 4.42. The van der Waals surface area contributed by atoms with Crippen LogP contribution in [0, 0.1) is 31.0 Å². The van der Waals surface area contributed by atoms with E-state index in [0.717, 1.165) is 11.8 Å². The number of hydrogen-bond donors (Lipinski definition) is 0. The fraction of sp³-hybridized carbons (Fsp3) is 0.143. The van der Waals surface area contributed by atoms with Crippen LogP contribution >= 0.6 is 11.6 Å². The summed E-state index contributed by atoms with van der Waals surface area (Å²) in [5, 5.41) is 9.27. The molecule has 0 radical (unpaired) electrons. The Kier molecular flexibility index (Phi) is 3.68. The van der Waals surface area contributed by atoms with Crippen LogP contribution in [0.5, 0.6) is 11.5 Å². The molecule has 0 bridgehead atoms. The lowest BCUT2D eigenvalue weighted by molar-refractivity contribution is 0.477. The lowest BCUT2D eigenvalue weighted by Crippen LogP contribution is -1.96. The second kappa shape index (κ2) is 5.25. The van der Waals surface area contributed by atoms with Crippen molar-refractivity contribution < 1.29 is 9.13 Å². The van der Waals surface area contributed by atoms with Crippen LogP contribution < -0.4 is 4.74 Å². The van der Waals surface area contributed by atoms with Crippen molar-refractivity contribution in [3.05, 3.63) is 52.1 Å². The van der Waals surface area contributed by atoms with Gasteiger partial charge >= 0.3 is 0 Å². The van der Waals surface area contributed by atoms with Gasteiger partial charge in [0.05, 0.1) is 10.7 Å². The zero-order valence-corrected chi connectivity index (χ0v) is 11.1. The molecular formula is C14H10ClFN2O. The van der Waals surface area contributed by atoms with Gasteiger partial charge in [0.1, 0.15) is 28.9 Å². The Morgan fingerprint density at radius 1 is 1.26 bits per heavy atom. The zero-order chi connectivity index (χ0) is 14.0. The fourth-order valence-corrected chi connectivity index (χ4v) is 1.89. The number of hydrogen-bond acceptors (Lipinski definition) is 3. The van der Waals surface area contributed by atoms with Gasteiger partial charge in [0.25, 0.3) is 0 Å². The van der Waals surface area contributed by atoms with Crippen molar-refractivity contribution in [3.63, 3.8) is 0 Å². The van der Waals surface area contributed by atoms with Crippen LogP contribution in [0.2, 0.25) is 5.02 Å². The maximum Gasteiger partial charge on any atom is 0.148 e. The van der Waals surface area contributed by atoms with E-state index in [0.29, 0.717) is 22.8 Å². The molecule has 0 spiro atoms. The van der Waals surface area contributed by atoms with Crippen LogP contribution in [-0.2, 0) is 0 Å². The van der Waals surface area contributed by atoms with Gasteiger partial charge in [-0.3, -0.25) is 4.98 Å². The Labute approximate surface area is 115 Å². The third-order valence-electron chi connectivity index (χ3n) is 2.52. The first-order valence-electron chi connectivity index (χ1n) is 5.52. The number of nitrogens with zero attached hydrogens (tertiary/aromatic N) is 2. The molecule has 3 nitrogen and oxygen atoms in total. The lowest BCUT2D eigenvalue weighted by atomic mass is 10.2. The maximum atomic E-state index is 13.0. The monoisotopic (exact) mass is 276 g/mol. The van der Waals surface area contributed by atoms with Gasteiger partial charge in [0.15, 0.2) is 0 Å². The van der Waals surface area contributed by atoms with Gasteiger partial charge in [-0.05, 0) is 32.0 Å². The summed E-state index contributed by atoms with van der Waals surface area (Å²) in [5.74, 6) is 0.213. The van der Waals surface area contributed by atoms with Crippen molar-refractivity contribution in [2.45, 2.75) is 13.8 Å². The minimum Gasteiger partial charge on any atom is -0.454 e. The van der Waals surface area contributed by atoms with Crippen molar-refractivity contribution in [2.75, 3.05) is 0 Å². The van der Waals surface area contributed by atoms with E-state index in [1.54, 1.807) is 19.9 Å². The molecule has 0 atom stereocenters. The summed E-state index contributed by atoms with van der Waals surface area (Å²) in [6.07, 6.45) is 0. The minimum absolute atomic E-state index is 0.149. The van der Waals surface area contributed by atoms with Gasteiger partial charge in [-0.15, -0.1) is 0 Å². The highest BCUT2D eigenvalue weighted by atomic mass is 35.5. The smallest absolute Gasteiger partial charge is 0.148 e. The van der Waals surface area contributed by atoms with E-state index in [2.05, 4.69) is 4.98 Å². The van der Waals surface area contributed by atoms with Gasteiger partial charge in [0, 0.05) is 11.8 Å². The molecule has 1 heterocycles. The molecule has 0 aliphatic heterocycles. The maximum absolute atomic E-state index is 13.0. The molecule has 5 heteroatoms. The molecule has 96 valence electrons. The summed E-state index contributed by atoms with van der Waals surface area (Å²) in [4.78, 5) is 4.19. The SMILES string of the molecule is Cc1cc(Oc2ccc(F)cc2Cl)c(C#N)c(C)n1. The standard InChI is InChI=1S/C14H10ClFN2O/c1-8-5-14(11(7-17)9(2)18-8)19-13-4-3-10(16)6-12(13)15/h3-6H,1-2H3. The fourth-order valence-electron chi connectivity index (χ4n) is 1.69. The van der Waals surface area contributed by atoms with Crippen molar-refractivity contribution in [3.8, 4) is 17.6 Å². The van der Waals surface area contributed by atoms with Gasteiger partial charge in [-0.25, -0.2) is 4.39 Å². The molecule has 0 aliphatic carbocycles. The third kappa shape index (κ3) is 2.83. The Balaban J connectivity index is 2.46. The van der Waals surface area contributed by atoms with E-state index in [1.807, 2.05) is 6.07 Å². The normalized spacial score (nSPS) is 10.1. The number of aromatic nitrogens is 1. The molecule has 0 N–H and O–H groups in total. The first-order valence-corrected chi connectivity index (χ1v) is 5.90. The Bertz CT molecular complexity index is 680. The molecule has 0 saturated carbocycles. The van der Waals surface area contributed by atoms with E-state index in [-0.39, 0.29) is 5.02 Å². The number of aryl methyl sites for hydroxylation is 2. The quantitative estimate of drug-likeness (QED) is 0.827. The molecule has 1 aromatic heterocycles. The van der Waals surface area contributed by atoms with Gasteiger partial charge in [0.2, 0.25) is 0 Å². The van der Waals surface area contributed by atoms with E-state index in [4.69, 9.17) is 21.6 Å². The molecule has 1 aromatic carbocycles. The van der Waals surface area contributed by atoms with Crippen LogP contribution in [-0.4, -0.2) is 4.98 Å². The summed E-state index contributed by atoms with van der Waals surface area (Å²) in [5.41, 5.74) is 1.64. The zero-order valence-electron chi connectivity index (χ0n) is 10.4. The summed E-state index contributed by atoms with van der Waals surface area (Å²) < 4.78 is 18.5. The molecule has 0 saturated heterocycles. The topological polar surface area (TPSA) is 45.9 Å². The van der Waals surface area contributed by atoms with Crippen molar-refractivity contribution in [1.29, 1.82) is 5.26 Å². The predicted octanol–water partition coefficient (Wildman–Crippen LogP) is 4.15. The average Bonchev–Trinajstić information content (AvgIpc) is 2.32. The van der Waals surface area contributed by atoms with E-state index in [1.165, 1.54) is 12.1 Å². The molecular weight excluding hydrogens is 267 g/mol. The van der Waals surface area contributed by atoms with Crippen LogP contribution in [0.15, 0.2) is 24.3 Å². The highest BCUT2D eigenvalue weighted by Gasteiger charge is 2.12. The van der Waals surface area contributed by atoms with Crippen LogP contribution in [0.25, 0.3) is 0 Å². The third-order valence-corrected chi connectivity index (χ3v) is 2.81. The van der Waals surface area contributed by atoms with Crippen molar-refractivity contribution >= 4 is 11.6 Å². The summed E-state index contributed by atoms with van der Waals surface area (Å²) in [6.45, 7) is 3.53. The first-order chi connectivity index (χ1) is 9.01. The Morgan fingerprint density at radius 2 is 2.00 bits per heavy atom. The highest BCUT2D eigenvalue weighted by Crippen LogP contribution is 2.32. The van der Waals surface area contributed by atoms with E-state index >= 15 is 0 Å². The van der Waals surface area contributed by atoms with Crippen LogP contribution in [0.1, 0.15) is 17.0 Å². The second-order valence-electron chi connectivity index (χ2n) is 4.01. The first kappa shape index (κ1) is 13.3. The molecule has 19 heavy (non-hydrogen) atoms. The molecule has 0 unspecified atom stereocenters. The number of pyridine rings is 1. The van der Waals surface area contributed by atoms with E-state index < -0.39 is 5.82 Å². The summed E-state index contributed by atoms with van der Waals surface area (Å²) in [7, 11) is 0. The van der Waals surface area contributed by atoms with Crippen LogP contribution in [0.4, 0.5) is 4.39 Å². The number of rotatable bonds is 2. The number of benzene rings is 1. The largest absolute Gasteiger partial charge is 0.454 e. The van der Waals surface area contributed by atoms with Crippen molar-refractivity contribution in [1.82, 2.24) is 4.98 Å². The van der Waals surface area contributed by atoms with E-state index in [9.17, 15) is 4.39 Å². The molecule has 2 aromatic rings. The number of ether oxygens (including phenoxy) is 1. The average molecular weight is 277 g/mol.